The van der Waals surface area contributed by atoms with Gasteiger partial charge in [-0.05, 0) is 37.1 Å². The van der Waals surface area contributed by atoms with Crippen molar-refractivity contribution < 1.29 is 22.4 Å². The molecule has 0 heterocycles. The van der Waals surface area contributed by atoms with E-state index < -0.39 is 10.1 Å². The Morgan fingerprint density at radius 3 is 2.00 bits per heavy atom. The average Bonchev–Trinajstić information content (AvgIpc) is 2.32. The van der Waals surface area contributed by atoms with Crippen LogP contribution in [0, 0.1) is 0 Å². The zero-order chi connectivity index (χ0) is 13.4. The van der Waals surface area contributed by atoms with E-state index in [2.05, 4.69) is 0 Å². The van der Waals surface area contributed by atoms with Crippen LogP contribution in [0.1, 0.15) is 19.8 Å². The predicted molar refractivity (Wildman–Crippen MR) is 68.8 cm³/mol. The summed E-state index contributed by atoms with van der Waals surface area (Å²) < 4.78 is 40.2. The zero-order valence-corrected chi connectivity index (χ0v) is 11.1. The normalized spacial score (nSPS) is 11.2. The van der Waals surface area contributed by atoms with Crippen molar-refractivity contribution in [2.75, 3.05) is 19.0 Å². The van der Waals surface area contributed by atoms with Crippen LogP contribution in [-0.2, 0) is 10.1 Å². The van der Waals surface area contributed by atoms with Gasteiger partial charge < -0.3 is 9.47 Å². The molecule has 0 fully saturated rings. The summed E-state index contributed by atoms with van der Waals surface area (Å²) in [5.74, 6) is 1.14. The molecule has 0 aliphatic heterocycles. The third-order valence-electron chi connectivity index (χ3n) is 2.11. The number of ether oxygens (including phenoxy) is 2. The summed E-state index contributed by atoms with van der Waals surface area (Å²) in [4.78, 5) is 0. The summed E-state index contributed by atoms with van der Waals surface area (Å²) in [5.41, 5.74) is 0. The minimum Gasteiger partial charge on any atom is -0.494 e. The Hall–Kier alpha value is -1.27. The molecule has 1 aromatic carbocycles. The molecule has 0 spiro atoms. The molecule has 0 amide bonds. The summed E-state index contributed by atoms with van der Waals surface area (Å²) in [6, 6.07) is 7.12. The molecular formula is C12H18O5S. The molecule has 0 aliphatic rings. The molecule has 0 radical (unpaired) electrons. The Balaban J connectivity index is 2.31. The molecule has 0 saturated carbocycles. The van der Waals surface area contributed by atoms with Gasteiger partial charge in [-0.1, -0.05) is 6.92 Å². The van der Waals surface area contributed by atoms with E-state index in [1.165, 1.54) is 0 Å². The lowest BCUT2D eigenvalue weighted by Crippen LogP contribution is -2.08. The van der Waals surface area contributed by atoms with Gasteiger partial charge in [0.25, 0.3) is 10.1 Å². The van der Waals surface area contributed by atoms with Gasteiger partial charge in [0.2, 0.25) is 0 Å². The van der Waals surface area contributed by atoms with Crippen LogP contribution in [0.4, 0.5) is 0 Å². The van der Waals surface area contributed by atoms with Crippen LogP contribution >= 0.6 is 0 Å². The van der Waals surface area contributed by atoms with Crippen molar-refractivity contribution in [3.8, 4) is 11.5 Å². The van der Waals surface area contributed by atoms with E-state index in [1.54, 1.807) is 24.3 Å². The largest absolute Gasteiger partial charge is 0.494 e. The standard InChI is InChI=1S/C12H18O5S/c1-2-8-16-11-4-6-12(7-5-11)17-9-3-10-18(13,14)15/h4-7H,2-3,8-10H2,1H3,(H,13,14,15). The quantitative estimate of drug-likeness (QED) is 0.580. The lowest BCUT2D eigenvalue weighted by atomic mass is 10.3. The summed E-state index contributed by atoms with van der Waals surface area (Å²) in [6.45, 7) is 2.95. The predicted octanol–water partition coefficient (Wildman–Crippen LogP) is 2.13. The molecule has 0 aliphatic carbocycles. The maximum atomic E-state index is 10.5. The van der Waals surface area contributed by atoms with Crippen LogP contribution in [0.5, 0.6) is 11.5 Å². The molecule has 0 saturated heterocycles. The fourth-order valence-electron chi connectivity index (χ4n) is 1.28. The second-order valence-electron chi connectivity index (χ2n) is 3.81. The summed E-state index contributed by atoms with van der Waals surface area (Å²) in [5, 5.41) is 0. The Bertz CT molecular complexity index is 438. The molecule has 0 bridgehead atoms. The molecular weight excluding hydrogens is 256 g/mol. The SMILES string of the molecule is CCCOc1ccc(OCCCS(=O)(=O)O)cc1. The van der Waals surface area contributed by atoms with Crippen LogP contribution in [0.25, 0.3) is 0 Å². The molecule has 5 nitrogen and oxygen atoms in total. The number of hydrogen-bond donors (Lipinski definition) is 1. The summed E-state index contributed by atoms with van der Waals surface area (Å²) >= 11 is 0. The van der Waals surface area contributed by atoms with Gasteiger partial charge in [-0.15, -0.1) is 0 Å². The van der Waals surface area contributed by atoms with Crippen LogP contribution in [0.15, 0.2) is 24.3 Å². The van der Waals surface area contributed by atoms with Crippen molar-refractivity contribution in [1.82, 2.24) is 0 Å². The van der Waals surface area contributed by atoms with E-state index in [-0.39, 0.29) is 18.8 Å². The van der Waals surface area contributed by atoms with Crippen molar-refractivity contribution in [2.24, 2.45) is 0 Å². The Morgan fingerprint density at radius 1 is 1.06 bits per heavy atom. The molecule has 0 unspecified atom stereocenters. The van der Waals surface area contributed by atoms with Crippen molar-refractivity contribution >= 4 is 10.1 Å². The molecule has 6 heteroatoms. The lowest BCUT2D eigenvalue weighted by Gasteiger charge is -2.07. The van der Waals surface area contributed by atoms with Gasteiger partial charge in [0.1, 0.15) is 11.5 Å². The second kappa shape index (κ2) is 7.23. The van der Waals surface area contributed by atoms with Gasteiger partial charge >= 0.3 is 0 Å². The van der Waals surface area contributed by atoms with E-state index in [0.717, 1.165) is 12.2 Å². The minimum absolute atomic E-state index is 0.245. The van der Waals surface area contributed by atoms with E-state index in [0.29, 0.717) is 12.4 Å². The topological polar surface area (TPSA) is 72.8 Å². The highest BCUT2D eigenvalue weighted by Gasteiger charge is 2.03. The van der Waals surface area contributed by atoms with Gasteiger partial charge in [-0.3, -0.25) is 4.55 Å². The summed E-state index contributed by atoms with van der Waals surface area (Å²) in [6.07, 6.45) is 1.21. The Labute approximate surface area is 107 Å². The lowest BCUT2D eigenvalue weighted by molar-refractivity contribution is 0.308. The average molecular weight is 274 g/mol. The van der Waals surface area contributed by atoms with Gasteiger partial charge in [-0.2, -0.15) is 8.42 Å². The third-order valence-corrected chi connectivity index (χ3v) is 2.92. The summed E-state index contributed by atoms with van der Waals surface area (Å²) in [7, 11) is -3.90. The van der Waals surface area contributed by atoms with Crippen LogP contribution in [-0.4, -0.2) is 31.9 Å². The molecule has 1 N–H and O–H groups in total. The Morgan fingerprint density at radius 2 is 1.56 bits per heavy atom. The highest BCUT2D eigenvalue weighted by atomic mass is 32.2. The highest BCUT2D eigenvalue weighted by Crippen LogP contribution is 2.17. The van der Waals surface area contributed by atoms with E-state index in [9.17, 15) is 8.42 Å². The monoisotopic (exact) mass is 274 g/mol. The molecule has 18 heavy (non-hydrogen) atoms. The zero-order valence-electron chi connectivity index (χ0n) is 10.3. The van der Waals surface area contributed by atoms with Gasteiger partial charge in [-0.25, -0.2) is 0 Å². The van der Waals surface area contributed by atoms with Crippen molar-refractivity contribution in [2.45, 2.75) is 19.8 Å². The smallest absolute Gasteiger partial charge is 0.264 e. The molecule has 0 aromatic heterocycles. The minimum atomic E-state index is -3.90. The number of rotatable bonds is 8. The molecule has 102 valence electrons. The van der Waals surface area contributed by atoms with Crippen LogP contribution in [0.2, 0.25) is 0 Å². The van der Waals surface area contributed by atoms with Crippen molar-refractivity contribution in [3.63, 3.8) is 0 Å². The first-order valence-electron chi connectivity index (χ1n) is 5.82. The third kappa shape index (κ3) is 6.46. The molecule has 1 aromatic rings. The second-order valence-corrected chi connectivity index (χ2v) is 5.38. The maximum absolute atomic E-state index is 10.5. The van der Waals surface area contributed by atoms with E-state index in [4.69, 9.17) is 14.0 Å². The first-order chi connectivity index (χ1) is 8.51. The number of hydrogen-bond acceptors (Lipinski definition) is 4. The van der Waals surface area contributed by atoms with Crippen molar-refractivity contribution in [3.05, 3.63) is 24.3 Å². The van der Waals surface area contributed by atoms with Crippen LogP contribution in [0.3, 0.4) is 0 Å². The van der Waals surface area contributed by atoms with Crippen LogP contribution < -0.4 is 9.47 Å². The molecule has 0 atom stereocenters. The van der Waals surface area contributed by atoms with Gasteiger partial charge in [0.15, 0.2) is 0 Å². The van der Waals surface area contributed by atoms with Crippen molar-refractivity contribution in [1.29, 1.82) is 0 Å². The van der Waals surface area contributed by atoms with Gasteiger partial charge in [0, 0.05) is 0 Å². The highest BCUT2D eigenvalue weighted by molar-refractivity contribution is 7.85. The fraction of sp³-hybridized carbons (Fsp3) is 0.500. The van der Waals surface area contributed by atoms with Gasteiger partial charge in [0.05, 0.1) is 19.0 Å². The first kappa shape index (κ1) is 14.8. The number of benzene rings is 1. The first-order valence-corrected chi connectivity index (χ1v) is 7.43. The fourth-order valence-corrected chi connectivity index (χ4v) is 1.77. The maximum Gasteiger partial charge on any atom is 0.264 e. The molecule has 1 rings (SSSR count). The Kier molecular flexibility index (Phi) is 5.94. The van der Waals surface area contributed by atoms with E-state index in [1.807, 2.05) is 6.92 Å². The van der Waals surface area contributed by atoms with E-state index >= 15 is 0 Å².